The van der Waals surface area contributed by atoms with Crippen LogP contribution >= 0.6 is 11.3 Å². The molecule has 0 aliphatic rings. The number of ether oxygens (including phenoxy) is 1. The number of methoxy groups -OCH3 is 1. The Bertz CT molecular complexity index is 278. The minimum atomic E-state index is 0.366. The maximum Gasteiger partial charge on any atom is 0.203 e. The summed E-state index contributed by atoms with van der Waals surface area (Å²) in [6.07, 6.45) is 0. The van der Waals surface area contributed by atoms with Crippen molar-refractivity contribution in [3.63, 3.8) is 0 Å². The average Bonchev–Trinajstić information content (AvgIpc) is 2.51. The summed E-state index contributed by atoms with van der Waals surface area (Å²) < 4.78 is 5.07. The van der Waals surface area contributed by atoms with Crippen LogP contribution in [-0.4, -0.2) is 41.9 Å². The highest BCUT2D eigenvalue weighted by Crippen LogP contribution is 2.13. The summed E-state index contributed by atoms with van der Waals surface area (Å²) in [5, 5.41) is 9.18. The summed E-state index contributed by atoms with van der Waals surface area (Å²) in [7, 11) is 3.73. The molecule has 0 saturated carbocycles. The van der Waals surface area contributed by atoms with Gasteiger partial charge in [0.1, 0.15) is 5.01 Å². The molecule has 0 amide bonds. The third-order valence-electron chi connectivity index (χ3n) is 2.03. The first-order valence-corrected chi connectivity index (χ1v) is 5.22. The van der Waals surface area contributed by atoms with Crippen LogP contribution in [0.5, 0.6) is 0 Å². The van der Waals surface area contributed by atoms with Gasteiger partial charge in [0.15, 0.2) is 0 Å². The smallest absolute Gasteiger partial charge is 0.203 e. The second kappa shape index (κ2) is 5.23. The number of nitrogen functional groups attached to an aromatic ring is 1. The van der Waals surface area contributed by atoms with Crippen LogP contribution in [0.2, 0.25) is 0 Å². The monoisotopic (exact) mass is 216 g/mol. The number of aromatic nitrogens is 2. The van der Waals surface area contributed by atoms with Gasteiger partial charge in [0.25, 0.3) is 0 Å². The molecule has 0 aliphatic heterocycles. The highest BCUT2D eigenvalue weighted by atomic mass is 32.1. The van der Waals surface area contributed by atoms with Crippen LogP contribution in [0.1, 0.15) is 11.9 Å². The summed E-state index contributed by atoms with van der Waals surface area (Å²) >= 11 is 1.42. The van der Waals surface area contributed by atoms with Gasteiger partial charge in [0.2, 0.25) is 5.13 Å². The van der Waals surface area contributed by atoms with E-state index in [9.17, 15) is 0 Å². The van der Waals surface area contributed by atoms with Gasteiger partial charge in [-0.3, -0.25) is 4.90 Å². The maximum atomic E-state index is 5.49. The zero-order chi connectivity index (χ0) is 10.6. The molecule has 5 nitrogen and oxygen atoms in total. The van der Waals surface area contributed by atoms with Crippen LogP contribution < -0.4 is 5.73 Å². The number of rotatable bonds is 5. The molecule has 1 unspecified atom stereocenters. The minimum absolute atomic E-state index is 0.366. The van der Waals surface area contributed by atoms with Crippen LogP contribution in [0.15, 0.2) is 0 Å². The maximum absolute atomic E-state index is 5.49. The SMILES string of the molecule is COCC(C)N(C)Cc1nnc(N)s1. The molecule has 2 N–H and O–H groups in total. The van der Waals surface area contributed by atoms with Crippen molar-refractivity contribution in [2.45, 2.75) is 19.5 Å². The van der Waals surface area contributed by atoms with Crippen LogP contribution in [0.3, 0.4) is 0 Å². The number of likely N-dealkylation sites (N-methyl/N-ethyl adjacent to an activating group) is 1. The molecule has 0 fully saturated rings. The molecule has 1 rings (SSSR count). The van der Waals surface area contributed by atoms with Crippen molar-refractivity contribution >= 4 is 16.5 Å². The molecule has 1 atom stereocenters. The fraction of sp³-hybridized carbons (Fsp3) is 0.750. The van der Waals surface area contributed by atoms with Crippen molar-refractivity contribution < 1.29 is 4.74 Å². The van der Waals surface area contributed by atoms with Crippen molar-refractivity contribution in [3.05, 3.63) is 5.01 Å². The van der Waals surface area contributed by atoms with Crippen LogP contribution in [0, 0.1) is 0 Å². The second-order valence-corrected chi connectivity index (χ2v) is 4.35. The van der Waals surface area contributed by atoms with Crippen molar-refractivity contribution in [3.8, 4) is 0 Å². The van der Waals surface area contributed by atoms with Gasteiger partial charge in [0.05, 0.1) is 13.2 Å². The summed E-state index contributed by atoms with van der Waals surface area (Å²) in [4.78, 5) is 2.16. The summed E-state index contributed by atoms with van der Waals surface area (Å²) in [5.74, 6) is 0. The van der Waals surface area contributed by atoms with Gasteiger partial charge in [-0.2, -0.15) is 0 Å². The predicted octanol–water partition coefficient (Wildman–Crippen LogP) is 0.587. The van der Waals surface area contributed by atoms with E-state index in [-0.39, 0.29) is 0 Å². The van der Waals surface area contributed by atoms with E-state index in [0.29, 0.717) is 17.8 Å². The quantitative estimate of drug-likeness (QED) is 0.780. The van der Waals surface area contributed by atoms with Gasteiger partial charge in [-0.1, -0.05) is 11.3 Å². The van der Waals surface area contributed by atoms with Crippen molar-refractivity contribution in [1.29, 1.82) is 0 Å². The zero-order valence-electron chi connectivity index (χ0n) is 8.73. The Morgan fingerprint density at radius 1 is 1.57 bits per heavy atom. The van der Waals surface area contributed by atoms with E-state index in [0.717, 1.165) is 11.6 Å². The highest BCUT2D eigenvalue weighted by molar-refractivity contribution is 7.15. The second-order valence-electron chi connectivity index (χ2n) is 3.25. The van der Waals surface area contributed by atoms with Gasteiger partial charge in [0, 0.05) is 13.2 Å². The molecule has 0 aromatic carbocycles. The molecule has 0 radical (unpaired) electrons. The summed E-state index contributed by atoms with van der Waals surface area (Å²) in [6, 6.07) is 0.366. The Balaban J connectivity index is 2.43. The highest BCUT2D eigenvalue weighted by Gasteiger charge is 2.11. The molecule has 0 saturated heterocycles. The van der Waals surface area contributed by atoms with Crippen LogP contribution in [0.4, 0.5) is 5.13 Å². The Labute approximate surface area is 87.9 Å². The van der Waals surface area contributed by atoms with E-state index in [2.05, 4.69) is 22.0 Å². The first-order chi connectivity index (χ1) is 6.63. The average molecular weight is 216 g/mol. The molecule has 6 heteroatoms. The van der Waals surface area contributed by atoms with Gasteiger partial charge in [-0.15, -0.1) is 10.2 Å². The molecular weight excluding hydrogens is 200 g/mol. The Morgan fingerprint density at radius 2 is 2.29 bits per heavy atom. The third kappa shape index (κ3) is 3.21. The lowest BCUT2D eigenvalue weighted by Crippen LogP contribution is -2.32. The van der Waals surface area contributed by atoms with E-state index < -0.39 is 0 Å². The topological polar surface area (TPSA) is 64.3 Å². The fourth-order valence-electron chi connectivity index (χ4n) is 1.07. The lowest BCUT2D eigenvalue weighted by Gasteiger charge is -2.22. The van der Waals surface area contributed by atoms with E-state index in [1.165, 1.54) is 11.3 Å². The van der Waals surface area contributed by atoms with Crippen molar-refractivity contribution in [1.82, 2.24) is 15.1 Å². The van der Waals surface area contributed by atoms with E-state index >= 15 is 0 Å². The molecule has 0 spiro atoms. The Hall–Kier alpha value is -0.720. The third-order valence-corrected chi connectivity index (χ3v) is 2.76. The number of nitrogens with two attached hydrogens (primary N) is 1. The number of hydrogen-bond donors (Lipinski definition) is 1. The number of hydrogen-bond acceptors (Lipinski definition) is 6. The molecule has 1 aromatic rings. The Kier molecular flexibility index (Phi) is 4.24. The molecule has 1 heterocycles. The summed E-state index contributed by atoms with van der Waals surface area (Å²) in [6.45, 7) is 3.58. The standard InChI is InChI=1S/C8H16N4OS/c1-6(5-13-3)12(2)4-7-10-11-8(9)14-7/h6H,4-5H2,1-3H3,(H2,9,11). The predicted molar refractivity (Wildman–Crippen MR) is 57.1 cm³/mol. The molecule has 0 aliphatic carbocycles. The number of anilines is 1. The normalized spacial score (nSPS) is 13.4. The van der Waals surface area contributed by atoms with Crippen molar-refractivity contribution in [2.75, 3.05) is 26.5 Å². The Morgan fingerprint density at radius 3 is 2.79 bits per heavy atom. The zero-order valence-corrected chi connectivity index (χ0v) is 9.54. The lowest BCUT2D eigenvalue weighted by atomic mass is 10.3. The van der Waals surface area contributed by atoms with Gasteiger partial charge in [-0.05, 0) is 14.0 Å². The summed E-state index contributed by atoms with van der Waals surface area (Å²) in [5.41, 5.74) is 5.49. The number of nitrogens with zero attached hydrogens (tertiary/aromatic N) is 3. The first-order valence-electron chi connectivity index (χ1n) is 4.40. The minimum Gasteiger partial charge on any atom is -0.383 e. The first kappa shape index (κ1) is 11.4. The van der Waals surface area contributed by atoms with Crippen molar-refractivity contribution in [2.24, 2.45) is 0 Å². The molecule has 14 heavy (non-hydrogen) atoms. The molecule has 1 aromatic heterocycles. The molecule has 0 bridgehead atoms. The van der Waals surface area contributed by atoms with E-state index in [1.54, 1.807) is 7.11 Å². The largest absolute Gasteiger partial charge is 0.383 e. The lowest BCUT2D eigenvalue weighted by molar-refractivity contribution is 0.112. The molecular formula is C8H16N4OS. The van der Waals surface area contributed by atoms with Gasteiger partial charge >= 0.3 is 0 Å². The van der Waals surface area contributed by atoms with Crippen LogP contribution in [0.25, 0.3) is 0 Å². The fourth-order valence-corrected chi connectivity index (χ4v) is 1.74. The molecule has 80 valence electrons. The van der Waals surface area contributed by atoms with Gasteiger partial charge in [-0.25, -0.2) is 0 Å². The van der Waals surface area contributed by atoms with E-state index in [1.807, 2.05) is 7.05 Å². The van der Waals surface area contributed by atoms with E-state index in [4.69, 9.17) is 10.5 Å². The van der Waals surface area contributed by atoms with Crippen LogP contribution in [-0.2, 0) is 11.3 Å². The van der Waals surface area contributed by atoms with Gasteiger partial charge < -0.3 is 10.5 Å².